The summed E-state index contributed by atoms with van der Waals surface area (Å²) in [6.45, 7) is 3.46. The molecule has 3 amide bonds. The van der Waals surface area contributed by atoms with E-state index in [1.54, 1.807) is 21.7 Å². The van der Waals surface area contributed by atoms with E-state index in [0.717, 1.165) is 5.56 Å². The number of aliphatic hydroxyl groups excluding tert-OH is 1. The Hall–Kier alpha value is -2.97. The summed E-state index contributed by atoms with van der Waals surface area (Å²) in [4.78, 5) is 46.6. The summed E-state index contributed by atoms with van der Waals surface area (Å²) in [6.07, 6.45) is 8.65. The Morgan fingerprint density at radius 1 is 0.971 bits per heavy atom. The van der Waals surface area contributed by atoms with Gasteiger partial charge in [0.2, 0.25) is 17.7 Å². The van der Waals surface area contributed by atoms with E-state index >= 15 is 0 Å². The van der Waals surface area contributed by atoms with E-state index in [0.29, 0.717) is 39.0 Å². The average molecular weight is 480 g/mol. The number of nitrogens with zero attached hydrogens (tertiary/aromatic N) is 3. The highest BCUT2D eigenvalue weighted by molar-refractivity contribution is 6.00. The summed E-state index contributed by atoms with van der Waals surface area (Å²) in [5.74, 6) is -2.06. The van der Waals surface area contributed by atoms with Gasteiger partial charge in [0.15, 0.2) is 0 Å². The van der Waals surface area contributed by atoms with Crippen LogP contribution in [-0.4, -0.2) is 88.1 Å². The number of likely N-dealkylation sites (tertiary alicyclic amines) is 1. The van der Waals surface area contributed by atoms with Gasteiger partial charge in [-0.05, 0) is 25.3 Å². The summed E-state index contributed by atoms with van der Waals surface area (Å²) in [7, 11) is 1.73. The molecule has 0 aliphatic carbocycles. The van der Waals surface area contributed by atoms with Crippen LogP contribution in [0, 0.1) is 11.8 Å². The Kier molecular flexibility index (Phi) is 6.05. The Labute approximate surface area is 205 Å². The SMILES string of the molecule is CN1CC=C[C@]2(C)O[C@]34C=CCN(Cc5ccccc5)C(=O)C3N(CCCCO)C(=O)[C@@H]4[C@@H]2C1=O. The molecule has 5 rings (SSSR count). The van der Waals surface area contributed by atoms with Crippen molar-refractivity contribution in [3.05, 3.63) is 60.2 Å². The normalized spacial score (nSPS) is 34.1. The van der Waals surface area contributed by atoms with E-state index in [4.69, 9.17) is 4.74 Å². The molecule has 5 atom stereocenters. The van der Waals surface area contributed by atoms with Gasteiger partial charge in [0, 0.05) is 39.8 Å². The van der Waals surface area contributed by atoms with Crippen molar-refractivity contribution >= 4 is 17.7 Å². The van der Waals surface area contributed by atoms with E-state index in [2.05, 4.69) is 0 Å². The predicted octanol–water partition coefficient (Wildman–Crippen LogP) is 1.36. The molecule has 1 spiro atoms. The summed E-state index contributed by atoms with van der Waals surface area (Å²) in [6, 6.07) is 8.90. The van der Waals surface area contributed by atoms with Crippen LogP contribution in [0.2, 0.25) is 0 Å². The van der Waals surface area contributed by atoms with Crippen LogP contribution >= 0.6 is 0 Å². The Balaban J connectivity index is 1.57. The second kappa shape index (κ2) is 8.91. The molecule has 0 aromatic heterocycles. The number of hydrogen-bond acceptors (Lipinski definition) is 5. The fourth-order valence-corrected chi connectivity index (χ4v) is 6.27. The maximum absolute atomic E-state index is 14.1. The molecule has 1 unspecified atom stereocenters. The Morgan fingerprint density at radius 3 is 2.46 bits per heavy atom. The molecule has 8 nitrogen and oxygen atoms in total. The highest BCUT2D eigenvalue weighted by atomic mass is 16.5. The third-order valence-electron chi connectivity index (χ3n) is 7.87. The van der Waals surface area contributed by atoms with Crippen molar-refractivity contribution in [2.75, 3.05) is 33.3 Å². The molecule has 2 fully saturated rings. The van der Waals surface area contributed by atoms with Crippen molar-refractivity contribution in [2.24, 2.45) is 11.8 Å². The van der Waals surface area contributed by atoms with Crippen LogP contribution < -0.4 is 0 Å². The lowest BCUT2D eigenvalue weighted by Crippen LogP contribution is -2.55. The number of ether oxygens (including phenoxy) is 1. The Morgan fingerprint density at radius 2 is 1.71 bits per heavy atom. The number of hydrogen-bond donors (Lipinski definition) is 1. The molecule has 8 heteroatoms. The number of amides is 3. The van der Waals surface area contributed by atoms with E-state index in [1.165, 1.54) is 0 Å². The van der Waals surface area contributed by atoms with Gasteiger partial charge in [0.25, 0.3) is 0 Å². The number of fused-ring (bicyclic) bond motifs is 2. The fourth-order valence-electron chi connectivity index (χ4n) is 6.27. The number of carbonyl (C=O) groups is 3. The first-order chi connectivity index (χ1) is 16.8. The number of likely N-dealkylation sites (N-methyl/N-ethyl adjacent to an activating group) is 1. The maximum Gasteiger partial charge on any atom is 0.249 e. The van der Waals surface area contributed by atoms with Gasteiger partial charge in [-0.15, -0.1) is 0 Å². The van der Waals surface area contributed by atoms with Gasteiger partial charge in [-0.1, -0.05) is 54.6 Å². The molecule has 1 aromatic carbocycles. The van der Waals surface area contributed by atoms with Crippen molar-refractivity contribution < 1.29 is 24.2 Å². The Bertz CT molecular complexity index is 1070. The first kappa shape index (κ1) is 23.8. The van der Waals surface area contributed by atoms with Crippen LogP contribution in [0.25, 0.3) is 0 Å². The molecule has 35 heavy (non-hydrogen) atoms. The lowest BCUT2D eigenvalue weighted by atomic mass is 9.74. The maximum atomic E-state index is 14.1. The third-order valence-corrected chi connectivity index (χ3v) is 7.87. The monoisotopic (exact) mass is 479 g/mol. The van der Waals surface area contributed by atoms with Crippen LogP contribution in [0.5, 0.6) is 0 Å². The summed E-state index contributed by atoms with van der Waals surface area (Å²) >= 11 is 0. The van der Waals surface area contributed by atoms with E-state index in [1.807, 2.05) is 61.6 Å². The quantitative estimate of drug-likeness (QED) is 0.492. The van der Waals surface area contributed by atoms with Gasteiger partial charge in [-0.2, -0.15) is 0 Å². The molecular weight excluding hydrogens is 446 g/mol. The summed E-state index contributed by atoms with van der Waals surface area (Å²) in [5.41, 5.74) is -1.21. The predicted molar refractivity (Wildman–Crippen MR) is 129 cm³/mol. The van der Waals surface area contributed by atoms with E-state index in [9.17, 15) is 19.5 Å². The third kappa shape index (κ3) is 3.70. The molecule has 0 saturated carbocycles. The van der Waals surface area contributed by atoms with Gasteiger partial charge >= 0.3 is 0 Å². The largest absolute Gasteiger partial charge is 0.396 e. The van der Waals surface area contributed by atoms with Crippen molar-refractivity contribution in [1.29, 1.82) is 0 Å². The lowest BCUT2D eigenvalue weighted by Gasteiger charge is -2.37. The molecular formula is C27H33N3O5. The summed E-state index contributed by atoms with van der Waals surface area (Å²) in [5, 5.41) is 9.31. The van der Waals surface area contributed by atoms with E-state index in [-0.39, 0.29) is 24.3 Å². The second-order valence-corrected chi connectivity index (χ2v) is 10.2. The van der Waals surface area contributed by atoms with Gasteiger partial charge in [0.05, 0.1) is 17.4 Å². The number of rotatable bonds is 6. The molecule has 0 bridgehead atoms. The minimum atomic E-state index is -1.23. The van der Waals surface area contributed by atoms with Crippen LogP contribution in [-0.2, 0) is 25.7 Å². The average Bonchev–Trinajstić information content (AvgIpc) is 3.12. The van der Waals surface area contributed by atoms with Crippen LogP contribution in [0.4, 0.5) is 0 Å². The number of carbonyl (C=O) groups excluding carboxylic acids is 3. The van der Waals surface area contributed by atoms with Crippen molar-refractivity contribution in [2.45, 2.75) is 43.6 Å². The molecule has 4 aliphatic rings. The van der Waals surface area contributed by atoms with Gasteiger partial charge in [-0.3, -0.25) is 14.4 Å². The molecule has 4 aliphatic heterocycles. The van der Waals surface area contributed by atoms with Gasteiger partial charge in [-0.25, -0.2) is 0 Å². The standard InChI is InChI=1S/C27H33N3O5/c1-26-12-8-14-28(2)23(32)20(26)21-24(33)30(16-6-7-17-31)22-25(34)29(15-9-13-27(21,22)35-26)18-19-10-4-3-5-11-19/h3-5,8-13,20-22,31H,6-7,14-18H2,1-2H3/t20-,21+,22?,26+,27+/m1/s1. The first-order valence-electron chi connectivity index (χ1n) is 12.4. The van der Waals surface area contributed by atoms with Crippen LogP contribution in [0.3, 0.4) is 0 Å². The van der Waals surface area contributed by atoms with Crippen LogP contribution in [0.1, 0.15) is 25.3 Å². The van der Waals surface area contributed by atoms with Crippen molar-refractivity contribution in [1.82, 2.24) is 14.7 Å². The summed E-state index contributed by atoms with van der Waals surface area (Å²) < 4.78 is 6.74. The molecule has 1 N–H and O–H groups in total. The lowest BCUT2D eigenvalue weighted by molar-refractivity contribution is -0.152. The second-order valence-electron chi connectivity index (χ2n) is 10.2. The molecule has 4 heterocycles. The highest BCUT2D eigenvalue weighted by Crippen LogP contribution is 2.57. The van der Waals surface area contributed by atoms with Gasteiger partial charge in [0.1, 0.15) is 11.6 Å². The smallest absolute Gasteiger partial charge is 0.249 e. The minimum absolute atomic E-state index is 0.0144. The number of benzene rings is 1. The molecule has 186 valence electrons. The van der Waals surface area contributed by atoms with Crippen molar-refractivity contribution in [3.63, 3.8) is 0 Å². The zero-order valence-electron chi connectivity index (χ0n) is 20.3. The zero-order valence-corrected chi connectivity index (χ0v) is 20.3. The number of unbranched alkanes of at least 4 members (excludes halogenated alkanes) is 1. The molecule has 1 aromatic rings. The van der Waals surface area contributed by atoms with Crippen LogP contribution in [0.15, 0.2) is 54.6 Å². The first-order valence-corrected chi connectivity index (χ1v) is 12.4. The van der Waals surface area contributed by atoms with E-state index < -0.39 is 29.1 Å². The molecule has 0 radical (unpaired) electrons. The number of aliphatic hydroxyl groups is 1. The van der Waals surface area contributed by atoms with Crippen molar-refractivity contribution in [3.8, 4) is 0 Å². The zero-order chi connectivity index (χ0) is 24.8. The highest BCUT2D eigenvalue weighted by Gasteiger charge is 2.74. The topological polar surface area (TPSA) is 90.4 Å². The van der Waals surface area contributed by atoms with Gasteiger partial charge < -0.3 is 24.5 Å². The minimum Gasteiger partial charge on any atom is -0.396 e. The fraction of sp³-hybridized carbons (Fsp3) is 0.519. The molecule has 2 saturated heterocycles.